The van der Waals surface area contributed by atoms with E-state index in [1.807, 2.05) is 72.9 Å². The summed E-state index contributed by atoms with van der Waals surface area (Å²) in [4.78, 5) is 17.0. The van der Waals surface area contributed by atoms with Crippen LogP contribution in [0.5, 0.6) is 11.5 Å². The minimum absolute atomic E-state index is 0.178. The van der Waals surface area contributed by atoms with E-state index in [2.05, 4.69) is 31.9 Å². The van der Waals surface area contributed by atoms with Gasteiger partial charge in [-0.05, 0) is 33.7 Å². The second kappa shape index (κ2) is 10.9. The predicted octanol–water partition coefficient (Wildman–Crippen LogP) is 3.90. The van der Waals surface area contributed by atoms with Crippen LogP contribution in [0.25, 0.3) is 10.9 Å². The van der Waals surface area contributed by atoms with E-state index in [0.29, 0.717) is 24.5 Å². The average Bonchev–Trinajstić information content (AvgIpc) is 3.63. The number of hydrogen-bond donors (Lipinski definition) is 2. The van der Waals surface area contributed by atoms with Crippen molar-refractivity contribution in [3.05, 3.63) is 102 Å². The maximum absolute atomic E-state index is 13.6. The summed E-state index contributed by atoms with van der Waals surface area (Å²) >= 11 is 0. The Balaban J connectivity index is 1.49. The van der Waals surface area contributed by atoms with Crippen molar-refractivity contribution in [1.29, 1.82) is 0 Å². The summed E-state index contributed by atoms with van der Waals surface area (Å²) in [5.41, 5.74) is 3.99. The number of para-hydroxylation sites is 2. The van der Waals surface area contributed by atoms with Crippen molar-refractivity contribution < 1.29 is 14.3 Å². The van der Waals surface area contributed by atoms with E-state index in [1.165, 1.54) is 11.0 Å². The minimum Gasteiger partial charge on any atom is -0.493 e. The van der Waals surface area contributed by atoms with Crippen molar-refractivity contribution in [3.63, 3.8) is 0 Å². The first-order chi connectivity index (χ1) is 18.2. The Morgan fingerprint density at radius 3 is 2.54 bits per heavy atom. The van der Waals surface area contributed by atoms with Gasteiger partial charge in [0.15, 0.2) is 11.5 Å². The molecule has 188 valence electrons. The zero-order valence-electron chi connectivity index (χ0n) is 20.7. The number of methoxy groups -OCH3 is 2. The highest BCUT2D eigenvalue weighted by atomic mass is 16.5. The molecule has 0 fully saturated rings. The number of carbonyl (C=O) groups is 1. The molecule has 2 atom stereocenters. The highest BCUT2D eigenvalue weighted by Gasteiger charge is 2.27. The molecule has 0 saturated heterocycles. The van der Waals surface area contributed by atoms with Crippen LogP contribution in [0, 0.1) is 0 Å². The number of nitrogens with one attached hydrogen (secondary N) is 2. The zero-order valence-corrected chi connectivity index (χ0v) is 20.7. The molecule has 0 spiro atoms. The van der Waals surface area contributed by atoms with Gasteiger partial charge in [0.1, 0.15) is 12.4 Å². The van der Waals surface area contributed by atoms with Gasteiger partial charge in [-0.2, -0.15) is 0 Å². The lowest BCUT2D eigenvalue weighted by Crippen LogP contribution is -2.37. The van der Waals surface area contributed by atoms with Crippen molar-refractivity contribution >= 4 is 16.8 Å². The lowest BCUT2D eigenvalue weighted by Gasteiger charge is -2.23. The highest BCUT2D eigenvalue weighted by Crippen LogP contribution is 2.40. The quantitative estimate of drug-likeness (QED) is 0.304. The van der Waals surface area contributed by atoms with Crippen LogP contribution in [0.3, 0.4) is 0 Å². The molecule has 3 aromatic carbocycles. The van der Waals surface area contributed by atoms with Crippen molar-refractivity contribution in [2.24, 2.45) is 0 Å². The standard InChI is InChI=1S/C28H28N6O3/c1-36-26-14-8-12-21(27(26)37-2)23(22-16-29-24-13-7-6-11-20(22)24)17-30-28(35)25(34-18-31-32-33-34)15-19-9-4-3-5-10-19/h3-14,16,18,23,25,29H,15,17H2,1-2H3,(H,30,35). The molecule has 9 heteroatoms. The van der Waals surface area contributed by atoms with Crippen LogP contribution in [0.2, 0.25) is 0 Å². The molecule has 0 aliphatic rings. The number of amides is 1. The SMILES string of the molecule is COc1cccc(C(CNC(=O)C(Cc2ccccc2)n2cnnn2)c2c[nH]c3ccccc23)c1OC. The molecule has 2 heterocycles. The van der Waals surface area contributed by atoms with E-state index in [4.69, 9.17) is 9.47 Å². The number of hydrogen-bond acceptors (Lipinski definition) is 6. The predicted molar refractivity (Wildman–Crippen MR) is 140 cm³/mol. The third kappa shape index (κ3) is 5.02. The van der Waals surface area contributed by atoms with E-state index in [0.717, 1.165) is 27.6 Å². The largest absolute Gasteiger partial charge is 0.493 e. The van der Waals surface area contributed by atoms with Crippen LogP contribution in [0.15, 0.2) is 85.3 Å². The summed E-state index contributed by atoms with van der Waals surface area (Å²) in [6.07, 6.45) is 3.91. The molecule has 1 amide bonds. The molecular formula is C28H28N6O3. The van der Waals surface area contributed by atoms with Gasteiger partial charge in [0.05, 0.1) is 14.2 Å². The smallest absolute Gasteiger partial charge is 0.245 e. The van der Waals surface area contributed by atoms with Crippen LogP contribution < -0.4 is 14.8 Å². The van der Waals surface area contributed by atoms with E-state index in [1.54, 1.807) is 14.2 Å². The summed E-state index contributed by atoms with van der Waals surface area (Å²) in [5, 5.41) is 15.7. The summed E-state index contributed by atoms with van der Waals surface area (Å²) < 4.78 is 12.8. The monoisotopic (exact) mass is 496 g/mol. The van der Waals surface area contributed by atoms with E-state index < -0.39 is 6.04 Å². The summed E-state index contributed by atoms with van der Waals surface area (Å²) in [5.74, 6) is 0.877. The van der Waals surface area contributed by atoms with Crippen molar-refractivity contribution in [1.82, 2.24) is 30.5 Å². The topological polar surface area (TPSA) is 107 Å². The lowest BCUT2D eigenvalue weighted by atomic mass is 9.89. The Morgan fingerprint density at radius 1 is 0.973 bits per heavy atom. The van der Waals surface area contributed by atoms with Crippen LogP contribution >= 0.6 is 0 Å². The number of carbonyl (C=O) groups excluding carboxylic acids is 1. The Hall–Kier alpha value is -4.66. The fourth-order valence-electron chi connectivity index (χ4n) is 4.73. The lowest BCUT2D eigenvalue weighted by molar-refractivity contribution is -0.124. The number of aromatic nitrogens is 5. The number of rotatable bonds is 10. The molecule has 0 saturated carbocycles. The number of benzene rings is 3. The third-order valence-corrected chi connectivity index (χ3v) is 6.54. The zero-order chi connectivity index (χ0) is 25.6. The number of ether oxygens (including phenoxy) is 2. The second-order valence-electron chi connectivity index (χ2n) is 8.67. The molecule has 2 N–H and O–H groups in total. The highest BCUT2D eigenvalue weighted by molar-refractivity contribution is 5.85. The average molecular weight is 497 g/mol. The van der Waals surface area contributed by atoms with E-state index >= 15 is 0 Å². The number of H-pyrrole nitrogens is 1. The Labute approximate surface area is 214 Å². The number of aromatic amines is 1. The van der Waals surface area contributed by atoms with Gasteiger partial charge in [0, 0.05) is 41.5 Å². The molecule has 2 aromatic heterocycles. The number of tetrazole rings is 1. The van der Waals surface area contributed by atoms with E-state index in [9.17, 15) is 4.79 Å². The van der Waals surface area contributed by atoms with E-state index in [-0.39, 0.29) is 11.8 Å². The van der Waals surface area contributed by atoms with Gasteiger partial charge in [-0.25, -0.2) is 4.68 Å². The molecule has 0 radical (unpaired) electrons. The summed E-state index contributed by atoms with van der Waals surface area (Å²) in [6, 6.07) is 23.1. The summed E-state index contributed by atoms with van der Waals surface area (Å²) in [7, 11) is 3.24. The normalized spacial score (nSPS) is 12.7. The fourth-order valence-corrected chi connectivity index (χ4v) is 4.73. The number of fused-ring (bicyclic) bond motifs is 1. The number of nitrogens with zero attached hydrogens (tertiary/aromatic N) is 4. The molecule has 37 heavy (non-hydrogen) atoms. The van der Waals surface area contributed by atoms with Crippen molar-refractivity contribution in [3.8, 4) is 11.5 Å². The molecule has 0 aliphatic heterocycles. The maximum atomic E-state index is 13.6. The van der Waals surface area contributed by atoms with Gasteiger partial charge >= 0.3 is 0 Å². The minimum atomic E-state index is -0.603. The van der Waals surface area contributed by atoms with Crippen LogP contribution in [-0.2, 0) is 11.2 Å². The Kier molecular flexibility index (Phi) is 7.12. The van der Waals surface area contributed by atoms with Crippen LogP contribution in [0.4, 0.5) is 0 Å². The van der Waals surface area contributed by atoms with Gasteiger partial charge in [-0.1, -0.05) is 60.7 Å². The maximum Gasteiger partial charge on any atom is 0.245 e. The first-order valence-electron chi connectivity index (χ1n) is 12.0. The molecule has 5 aromatic rings. The third-order valence-electron chi connectivity index (χ3n) is 6.54. The molecular weight excluding hydrogens is 468 g/mol. The Bertz CT molecular complexity index is 1470. The first-order valence-corrected chi connectivity index (χ1v) is 12.0. The van der Waals surface area contributed by atoms with Gasteiger partial charge in [-0.15, -0.1) is 5.10 Å². The first kappa shape index (κ1) is 24.1. The molecule has 9 nitrogen and oxygen atoms in total. The van der Waals surface area contributed by atoms with Crippen molar-refractivity contribution in [2.75, 3.05) is 20.8 Å². The molecule has 2 unspecified atom stereocenters. The second-order valence-corrected chi connectivity index (χ2v) is 8.67. The van der Waals surface area contributed by atoms with Gasteiger partial charge in [-0.3, -0.25) is 4.79 Å². The van der Waals surface area contributed by atoms with Crippen molar-refractivity contribution in [2.45, 2.75) is 18.4 Å². The van der Waals surface area contributed by atoms with Crippen LogP contribution in [0.1, 0.15) is 28.7 Å². The Morgan fingerprint density at radius 2 is 1.78 bits per heavy atom. The van der Waals surface area contributed by atoms with Crippen LogP contribution in [-0.4, -0.2) is 51.9 Å². The molecule has 5 rings (SSSR count). The van der Waals surface area contributed by atoms with Gasteiger partial charge in [0.25, 0.3) is 0 Å². The molecule has 0 aliphatic carbocycles. The van der Waals surface area contributed by atoms with Gasteiger partial charge in [0.2, 0.25) is 5.91 Å². The fraction of sp³-hybridized carbons (Fsp3) is 0.214. The molecule has 0 bridgehead atoms. The van der Waals surface area contributed by atoms with Gasteiger partial charge < -0.3 is 19.8 Å². The summed E-state index contributed by atoms with van der Waals surface area (Å²) in [6.45, 7) is 0.331.